The minimum absolute atomic E-state index is 0.0260. The van der Waals surface area contributed by atoms with E-state index >= 15 is 0 Å². The number of nitrogens with two attached hydrogens (primary N) is 1. The van der Waals surface area contributed by atoms with Gasteiger partial charge in [0, 0.05) is 12.5 Å². The number of carbonyl (C=O) groups is 3. The summed E-state index contributed by atoms with van der Waals surface area (Å²) in [5.74, 6) is 0.170. The fourth-order valence-electron chi connectivity index (χ4n) is 4.23. The largest absolute Gasteiger partial charge is 0.329 e. The molecule has 6 nitrogen and oxygen atoms in total. The number of likely N-dealkylation sites (tertiary alicyclic amines) is 2. The summed E-state index contributed by atoms with van der Waals surface area (Å²) < 4.78 is 0. The van der Waals surface area contributed by atoms with Crippen molar-refractivity contribution >= 4 is 17.6 Å². The van der Waals surface area contributed by atoms with Gasteiger partial charge in [0.05, 0.1) is 18.6 Å². The van der Waals surface area contributed by atoms with Gasteiger partial charge in [0.1, 0.15) is 6.04 Å². The number of nitrogens with zero attached hydrogens (tertiary/aromatic N) is 2. The van der Waals surface area contributed by atoms with E-state index in [4.69, 9.17) is 5.73 Å². The lowest BCUT2D eigenvalue weighted by atomic mass is 10.0. The van der Waals surface area contributed by atoms with E-state index in [1.165, 1.54) is 0 Å². The van der Waals surface area contributed by atoms with Crippen LogP contribution in [0.4, 0.5) is 0 Å². The van der Waals surface area contributed by atoms with E-state index in [0.717, 1.165) is 12.8 Å². The highest BCUT2D eigenvalue weighted by Gasteiger charge is 2.52. The standard InChI is InChI=1S/C18H27N3O3/c1-11(2)9-13(19)18(24)20-8-7-14-16(20)15(22)10-21(14)17(23)12-5-3-4-6-12/h3-4,11-14,16H,5-10,19H2,1-2H3. The minimum Gasteiger partial charge on any atom is -0.329 e. The van der Waals surface area contributed by atoms with Crippen LogP contribution in [0.2, 0.25) is 0 Å². The normalized spacial score (nSPS) is 28.1. The molecule has 132 valence electrons. The Morgan fingerprint density at radius 3 is 2.54 bits per heavy atom. The van der Waals surface area contributed by atoms with Crippen LogP contribution in [0, 0.1) is 11.8 Å². The predicted octanol–water partition coefficient (Wildman–Crippen LogP) is 0.707. The van der Waals surface area contributed by atoms with Gasteiger partial charge in [0.25, 0.3) is 0 Å². The molecule has 0 aromatic rings. The highest BCUT2D eigenvalue weighted by Crippen LogP contribution is 2.33. The Balaban J connectivity index is 1.70. The van der Waals surface area contributed by atoms with Crippen molar-refractivity contribution in [3.8, 4) is 0 Å². The first kappa shape index (κ1) is 17.1. The topological polar surface area (TPSA) is 83.7 Å². The second kappa shape index (κ2) is 6.67. The first-order valence-electron chi connectivity index (χ1n) is 8.94. The molecule has 3 atom stereocenters. The van der Waals surface area contributed by atoms with Crippen molar-refractivity contribution in [3.63, 3.8) is 0 Å². The van der Waals surface area contributed by atoms with Gasteiger partial charge in [-0.2, -0.15) is 0 Å². The molecular formula is C18H27N3O3. The molecule has 3 rings (SSSR count). The van der Waals surface area contributed by atoms with Crippen molar-refractivity contribution in [2.45, 2.75) is 57.7 Å². The number of rotatable bonds is 4. The quantitative estimate of drug-likeness (QED) is 0.768. The summed E-state index contributed by atoms with van der Waals surface area (Å²) in [7, 11) is 0. The molecule has 0 spiro atoms. The Hall–Kier alpha value is -1.69. The van der Waals surface area contributed by atoms with Crippen LogP contribution in [0.25, 0.3) is 0 Å². The average Bonchev–Trinajstić information content (AvgIpc) is 3.23. The molecule has 2 fully saturated rings. The van der Waals surface area contributed by atoms with E-state index in [0.29, 0.717) is 25.3 Å². The monoisotopic (exact) mass is 333 g/mol. The molecule has 2 amide bonds. The first-order valence-corrected chi connectivity index (χ1v) is 8.94. The minimum atomic E-state index is -0.569. The number of amides is 2. The van der Waals surface area contributed by atoms with E-state index in [1.54, 1.807) is 9.80 Å². The molecule has 6 heteroatoms. The summed E-state index contributed by atoms with van der Waals surface area (Å²) in [4.78, 5) is 41.2. The van der Waals surface area contributed by atoms with Gasteiger partial charge in [0.15, 0.2) is 5.78 Å². The molecule has 24 heavy (non-hydrogen) atoms. The molecule has 2 N–H and O–H groups in total. The molecule has 0 saturated carbocycles. The number of allylic oxidation sites excluding steroid dienone is 2. The van der Waals surface area contributed by atoms with Crippen molar-refractivity contribution in [1.29, 1.82) is 0 Å². The summed E-state index contributed by atoms with van der Waals surface area (Å²) in [6.07, 6.45) is 6.83. The summed E-state index contributed by atoms with van der Waals surface area (Å²) >= 11 is 0. The number of Topliss-reactive ketones (excluding diaryl/α,β-unsaturated/α-hetero) is 1. The summed E-state index contributed by atoms with van der Waals surface area (Å²) in [5.41, 5.74) is 6.03. The van der Waals surface area contributed by atoms with Gasteiger partial charge >= 0.3 is 0 Å². The van der Waals surface area contributed by atoms with Crippen molar-refractivity contribution in [3.05, 3.63) is 12.2 Å². The first-order chi connectivity index (χ1) is 11.4. The van der Waals surface area contributed by atoms with E-state index in [-0.39, 0.29) is 36.1 Å². The lowest BCUT2D eigenvalue weighted by Gasteiger charge is -2.27. The van der Waals surface area contributed by atoms with Gasteiger partial charge in [-0.05, 0) is 31.6 Å². The Labute approximate surface area is 143 Å². The van der Waals surface area contributed by atoms with Crippen molar-refractivity contribution in [2.75, 3.05) is 13.1 Å². The molecule has 3 aliphatic rings. The molecule has 1 aliphatic carbocycles. The van der Waals surface area contributed by atoms with Gasteiger partial charge in [-0.3, -0.25) is 14.4 Å². The van der Waals surface area contributed by atoms with Crippen molar-refractivity contribution in [2.24, 2.45) is 17.6 Å². The Morgan fingerprint density at radius 2 is 1.92 bits per heavy atom. The van der Waals surface area contributed by atoms with Gasteiger partial charge in [-0.25, -0.2) is 0 Å². The van der Waals surface area contributed by atoms with Crippen LogP contribution < -0.4 is 5.73 Å². The summed E-state index contributed by atoms with van der Waals surface area (Å²) in [6.45, 7) is 4.69. The summed E-state index contributed by atoms with van der Waals surface area (Å²) in [6, 6.07) is -1.23. The lowest BCUT2D eigenvalue weighted by molar-refractivity contribution is -0.137. The SMILES string of the molecule is CC(C)CC(N)C(=O)N1CCC2C1C(=O)CN2C(=O)C1CC=CC1. The zero-order valence-electron chi connectivity index (χ0n) is 14.5. The summed E-state index contributed by atoms with van der Waals surface area (Å²) in [5, 5.41) is 0. The third-order valence-electron chi connectivity index (χ3n) is 5.39. The maximum Gasteiger partial charge on any atom is 0.240 e. The van der Waals surface area contributed by atoms with Gasteiger partial charge in [0.2, 0.25) is 11.8 Å². The van der Waals surface area contributed by atoms with Crippen LogP contribution in [0.15, 0.2) is 12.2 Å². The maximum atomic E-state index is 12.7. The second-order valence-electron chi connectivity index (χ2n) is 7.64. The van der Waals surface area contributed by atoms with E-state index < -0.39 is 12.1 Å². The van der Waals surface area contributed by atoms with Crippen LogP contribution in [-0.2, 0) is 14.4 Å². The molecule has 2 saturated heterocycles. The molecule has 0 aromatic heterocycles. The number of carbonyl (C=O) groups excluding carboxylic acids is 3. The van der Waals surface area contributed by atoms with Gasteiger partial charge < -0.3 is 15.5 Å². The van der Waals surface area contributed by atoms with Gasteiger partial charge in [-0.15, -0.1) is 0 Å². The fourth-order valence-corrected chi connectivity index (χ4v) is 4.23. The van der Waals surface area contributed by atoms with Crippen LogP contribution >= 0.6 is 0 Å². The molecule has 0 bridgehead atoms. The van der Waals surface area contributed by atoms with Crippen molar-refractivity contribution in [1.82, 2.24) is 9.80 Å². The van der Waals surface area contributed by atoms with Crippen LogP contribution in [0.3, 0.4) is 0 Å². The molecule has 2 aliphatic heterocycles. The van der Waals surface area contributed by atoms with E-state index in [1.807, 2.05) is 26.0 Å². The predicted molar refractivity (Wildman–Crippen MR) is 89.9 cm³/mol. The number of ketones is 1. The third kappa shape index (κ3) is 2.99. The second-order valence-corrected chi connectivity index (χ2v) is 7.64. The smallest absolute Gasteiger partial charge is 0.240 e. The zero-order chi connectivity index (χ0) is 17.4. The van der Waals surface area contributed by atoms with Crippen LogP contribution in [0.5, 0.6) is 0 Å². The van der Waals surface area contributed by atoms with Gasteiger partial charge in [-0.1, -0.05) is 26.0 Å². The highest BCUT2D eigenvalue weighted by atomic mass is 16.2. The molecule has 2 heterocycles. The lowest BCUT2D eigenvalue weighted by Crippen LogP contribution is -2.50. The number of fused-ring (bicyclic) bond motifs is 1. The Morgan fingerprint density at radius 1 is 1.25 bits per heavy atom. The number of hydrogen-bond acceptors (Lipinski definition) is 4. The third-order valence-corrected chi connectivity index (χ3v) is 5.39. The maximum absolute atomic E-state index is 12.7. The average molecular weight is 333 g/mol. The molecule has 0 aromatic carbocycles. The van der Waals surface area contributed by atoms with Crippen LogP contribution in [-0.4, -0.2) is 58.6 Å². The number of hydrogen-bond donors (Lipinski definition) is 1. The Kier molecular flexibility index (Phi) is 4.76. The van der Waals surface area contributed by atoms with E-state index in [2.05, 4.69) is 0 Å². The fraction of sp³-hybridized carbons (Fsp3) is 0.722. The molecule has 0 radical (unpaired) electrons. The highest BCUT2D eigenvalue weighted by molar-refractivity contribution is 5.98. The van der Waals surface area contributed by atoms with Crippen LogP contribution in [0.1, 0.15) is 39.5 Å². The van der Waals surface area contributed by atoms with Crippen molar-refractivity contribution < 1.29 is 14.4 Å². The molecular weight excluding hydrogens is 306 g/mol. The zero-order valence-corrected chi connectivity index (χ0v) is 14.5. The molecule has 3 unspecified atom stereocenters. The van der Waals surface area contributed by atoms with E-state index in [9.17, 15) is 14.4 Å². The Bertz CT molecular complexity index is 564.